The number of primary amides is 1. The second-order valence-electron chi connectivity index (χ2n) is 5.48. The Labute approximate surface area is 146 Å². The fourth-order valence-electron chi connectivity index (χ4n) is 2.39. The van der Waals surface area contributed by atoms with E-state index in [-0.39, 0.29) is 18.5 Å². The van der Waals surface area contributed by atoms with Crippen molar-refractivity contribution in [1.82, 2.24) is 14.5 Å². The summed E-state index contributed by atoms with van der Waals surface area (Å²) < 4.78 is 1.25. The number of benzene rings is 1. The lowest BCUT2D eigenvalue weighted by Crippen LogP contribution is -2.28. The zero-order valence-corrected chi connectivity index (χ0v) is 14.2. The third kappa shape index (κ3) is 3.72. The Kier molecular flexibility index (Phi) is 4.57. The van der Waals surface area contributed by atoms with Crippen molar-refractivity contribution < 1.29 is 9.59 Å². The highest BCUT2D eigenvalue weighted by atomic mass is 32.1. The third-order valence-electron chi connectivity index (χ3n) is 3.52. The van der Waals surface area contributed by atoms with E-state index in [1.807, 2.05) is 13.0 Å². The smallest absolute Gasteiger partial charge is 0.261 e. The van der Waals surface area contributed by atoms with Crippen molar-refractivity contribution in [3.05, 3.63) is 51.5 Å². The molecule has 3 rings (SSSR count). The molecular formula is C16H15N5O3S. The number of aromatic nitrogens is 3. The molecule has 1 aromatic carbocycles. The van der Waals surface area contributed by atoms with Gasteiger partial charge in [-0.25, -0.2) is 9.97 Å². The average Bonchev–Trinajstić information content (AvgIpc) is 2.96. The maximum absolute atomic E-state index is 12.5. The van der Waals surface area contributed by atoms with Crippen LogP contribution in [0, 0.1) is 6.92 Å². The van der Waals surface area contributed by atoms with Gasteiger partial charge in [-0.3, -0.25) is 19.0 Å². The number of aryl methyl sites for hydroxylation is 1. The molecule has 8 nitrogen and oxygen atoms in total. The number of rotatable bonds is 5. The summed E-state index contributed by atoms with van der Waals surface area (Å²) in [5.74, 6) is -0.900. The Balaban J connectivity index is 1.76. The van der Waals surface area contributed by atoms with E-state index in [2.05, 4.69) is 15.3 Å². The quantitative estimate of drug-likeness (QED) is 0.701. The molecule has 2 amide bonds. The largest absolute Gasteiger partial charge is 0.369 e. The molecule has 0 saturated heterocycles. The van der Waals surface area contributed by atoms with Crippen molar-refractivity contribution in [1.29, 1.82) is 0 Å². The minimum absolute atomic E-state index is 0.0137. The summed E-state index contributed by atoms with van der Waals surface area (Å²) in [4.78, 5) is 43.8. The summed E-state index contributed by atoms with van der Waals surface area (Å²) in [6.07, 6.45) is 1.37. The van der Waals surface area contributed by atoms with E-state index in [0.717, 1.165) is 5.56 Å². The van der Waals surface area contributed by atoms with Crippen LogP contribution in [0.15, 0.2) is 34.7 Å². The molecule has 0 aliphatic rings. The Morgan fingerprint density at radius 3 is 2.92 bits per heavy atom. The van der Waals surface area contributed by atoms with Crippen LogP contribution in [0.5, 0.6) is 0 Å². The van der Waals surface area contributed by atoms with Crippen LogP contribution in [-0.4, -0.2) is 26.3 Å². The molecule has 0 spiro atoms. The molecule has 2 heterocycles. The monoisotopic (exact) mass is 357 g/mol. The van der Waals surface area contributed by atoms with Gasteiger partial charge >= 0.3 is 0 Å². The molecule has 3 aromatic rings. The lowest BCUT2D eigenvalue weighted by atomic mass is 10.1. The number of hydrogen-bond acceptors (Lipinski definition) is 6. The number of carbonyl (C=O) groups excluding carboxylic acids is 2. The lowest BCUT2D eigenvalue weighted by molar-refractivity contribution is -0.117. The van der Waals surface area contributed by atoms with Gasteiger partial charge < -0.3 is 11.1 Å². The fourth-order valence-corrected chi connectivity index (χ4v) is 3.11. The third-order valence-corrected chi connectivity index (χ3v) is 4.33. The molecule has 0 radical (unpaired) electrons. The highest BCUT2D eigenvalue weighted by Gasteiger charge is 2.11. The minimum Gasteiger partial charge on any atom is -0.369 e. The number of fused-ring (bicyclic) bond motifs is 1. The topological polar surface area (TPSA) is 120 Å². The average molecular weight is 357 g/mol. The molecule has 0 aliphatic carbocycles. The van der Waals surface area contributed by atoms with Gasteiger partial charge in [0.1, 0.15) is 6.54 Å². The number of carbonyl (C=O) groups is 2. The minimum atomic E-state index is -0.493. The van der Waals surface area contributed by atoms with Gasteiger partial charge in [-0.2, -0.15) is 0 Å². The number of thiazole rings is 1. The van der Waals surface area contributed by atoms with Gasteiger partial charge in [0, 0.05) is 5.38 Å². The van der Waals surface area contributed by atoms with Crippen LogP contribution < -0.4 is 16.6 Å². The molecule has 0 bridgehead atoms. The van der Waals surface area contributed by atoms with Crippen LogP contribution in [0.25, 0.3) is 10.9 Å². The summed E-state index contributed by atoms with van der Waals surface area (Å²) in [6.45, 7) is 1.69. The van der Waals surface area contributed by atoms with E-state index in [0.29, 0.717) is 21.7 Å². The number of amides is 2. The summed E-state index contributed by atoms with van der Waals surface area (Å²) in [6, 6.07) is 5.34. The van der Waals surface area contributed by atoms with E-state index < -0.39 is 11.8 Å². The van der Waals surface area contributed by atoms with Crippen LogP contribution in [0.3, 0.4) is 0 Å². The highest BCUT2D eigenvalue weighted by molar-refractivity contribution is 7.13. The van der Waals surface area contributed by atoms with E-state index >= 15 is 0 Å². The molecule has 0 saturated carbocycles. The predicted molar refractivity (Wildman–Crippen MR) is 94.4 cm³/mol. The Bertz CT molecular complexity index is 1020. The number of nitrogens with two attached hydrogens (primary N) is 1. The van der Waals surface area contributed by atoms with Gasteiger partial charge in [-0.05, 0) is 18.6 Å². The number of hydrogen-bond donors (Lipinski definition) is 2. The van der Waals surface area contributed by atoms with Crippen LogP contribution in [0.1, 0.15) is 11.3 Å². The van der Waals surface area contributed by atoms with Gasteiger partial charge in [-0.1, -0.05) is 12.1 Å². The van der Waals surface area contributed by atoms with Gasteiger partial charge in [0.2, 0.25) is 11.8 Å². The molecule has 2 aromatic heterocycles. The summed E-state index contributed by atoms with van der Waals surface area (Å²) in [5, 5.41) is 5.06. The van der Waals surface area contributed by atoms with Crippen LogP contribution in [0.2, 0.25) is 0 Å². The van der Waals surface area contributed by atoms with Crippen molar-refractivity contribution in [2.45, 2.75) is 19.9 Å². The molecule has 128 valence electrons. The number of nitrogens with zero attached hydrogens (tertiary/aromatic N) is 3. The van der Waals surface area contributed by atoms with E-state index in [1.54, 1.807) is 17.5 Å². The van der Waals surface area contributed by atoms with Gasteiger partial charge in [0.05, 0.1) is 29.3 Å². The lowest BCUT2D eigenvalue weighted by Gasteiger charge is -2.07. The first kappa shape index (κ1) is 16.8. The summed E-state index contributed by atoms with van der Waals surface area (Å²) in [5.41, 5.74) is 6.84. The second-order valence-corrected chi connectivity index (χ2v) is 6.34. The van der Waals surface area contributed by atoms with Gasteiger partial charge in [-0.15, -0.1) is 11.3 Å². The zero-order valence-electron chi connectivity index (χ0n) is 13.4. The maximum Gasteiger partial charge on any atom is 0.261 e. The van der Waals surface area contributed by atoms with Crippen molar-refractivity contribution in [3.8, 4) is 0 Å². The van der Waals surface area contributed by atoms with Crippen LogP contribution in [-0.2, 0) is 22.6 Å². The van der Waals surface area contributed by atoms with Crippen LogP contribution >= 0.6 is 11.3 Å². The van der Waals surface area contributed by atoms with Crippen molar-refractivity contribution in [2.75, 3.05) is 5.32 Å². The molecule has 0 aliphatic heterocycles. The number of para-hydroxylation sites is 1. The molecule has 9 heteroatoms. The van der Waals surface area contributed by atoms with Crippen molar-refractivity contribution >= 4 is 39.2 Å². The first-order valence-corrected chi connectivity index (χ1v) is 8.29. The SMILES string of the molecule is Cc1cccc2c(=O)n(CC(=O)Nc3nc(CC(N)=O)cs3)cnc12. The fraction of sp³-hybridized carbons (Fsp3) is 0.188. The van der Waals surface area contributed by atoms with Gasteiger partial charge in [0.15, 0.2) is 5.13 Å². The second kappa shape index (κ2) is 6.81. The highest BCUT2D eigenvalue weighted by Crippen LogP contribution is 2.16. The molecule has 0 atom stereocenters. The normalized spacial score (nSPS) is 10.8. The van der Waals surface area contributed by atoms with Gasteiger partial charge in [0.25, 0.3) is 5.56 Å². The number of nitrogens with one attached hydrogen (secondary N) is 1. The first-order chi connectivity index (χ1) is 11.9. The zero-order chi connectivity index (χ0) is 18.0. The Morgan fingerprint density at radius 2 is 2.16 bits per heavy atom. The van der Waals surface area contributed by atoms with E-state index in [1.165, 1.54) is 22.2 Å². The van der Waals surface area contributed by atoms with Crippen molar-refractivity contribution in [2.24, 2.45) is 5.73 Å². The maximum atomic E-state index is 12.5. The Hall–Kier alpha value is -3.07. The van der Waals surface area contributed by atoms with Crippen molar-refractivity contribution in [3.63, 3.8) is 0 Å². The first-order valence-electron chi connectivity index (χ1n) is 7.41. The van der Waals surface area contributed by atoms with Crippen LogP contribution in [0.4, 0.5) is 5.13 Å². The molecule has 25 heavy (non-hydrogen) atoms. The number of anilines is 1. The molecule has 0 unspecified atom stereocenters. The Morgan fingerprint density at radius 1 is 1.36 bits per heavy atom. The molecule has 3 N–H and O–H groups in total. The van der Waals surface area contributed by atoms with E-state index in [4.69, 9.17) is 5.73 Å². The predicted octanol–water partition coefficient (Wildman–Crippen LogP) is 0.828. The standard InChI is InChI=1S/C16H15N5O3S/c1-9-3-2-4-11-14(9)18-8-21(15(11)24)6-13(23)20-16-19-10(7-25-16)5-12(17)22/h2-4,7-8H,5-6H2,1H3,(H2,17,22)(H,19,20,23). The molecule has 0 fully saturated rings. The summed E-state index contributed by atoms with van der Waals surface area (Å²) >= 11 is 1.19. The summed E-state index contributed by atoms with van der Waals surface area (Å²) in [7, 11) is 0. The molecular weight excluding hydrogens is 342 g/mol. The van der Waals surface area contributed by atoms with E-state index in [9.17, 15) is 14.4 Å².